The number of carbonyl (C=O) groups excluding carboxylic acids is 1. The van der Waals surface area contributed by atoms with Gasteiger partial charge in [-0.05, 0) is 28.4 Å². The minimum absolute atomic E-state index is 0.0417. The Kier molecular flexibility index (Phi) is 2.98. The van der Waals surface area contributed by atoms with E-state index in [9.17, 15) is 13.2 Å². The molecule has 1 aliphatic rings. The fourth-order valence-electron chi connectivity index (χ4n) is 2.40. The van der Waals surface area contributed by atoms with Crippen LogP contribution < -0.4 is 0 Å². The summed E-state index contributed by atoms with van der Waals surface area (Å²) in [5.41, 5.74) is 1.15. The number of hydrogen-bond donors (Lipinski definition) is 1. The Morgan fingerprint density at radius 1 is 1.47 bits per heavy atom. The summed E-state index contributed by atoms with van der Waals surface area (Å²) >= 11 is 3.32. The Balaban J connectivity index is 2.01. The number of hydrogen-bond acceptors (Lipinski definition) is 4. The second kappa shape index (κ2) is 4.42. The van der Waals surface area contributed by atoms with Gasteiger partial charge in [0.2, 0.25) is 0 Å². The highest BCUT2D eigenvalue weighted by Crippen LogP contribution is 2.27. The molecule has 100 valence electrons. The van der Waals surface area contributed by atoms with Crippen LogP contribution >= 0.6 is 15.9 Å². The maximum absolute atomic E-state index is 12.4. The number of pyridine rings is 1. The van der Waals surface area contributed by atoms with Gasteiger partial charge in [0.15, 0.2) is 15.6 Å². The van der Waals surface area contributed by atoms with Crippen LogP contribution in [-0.4, -0.2) is 35.7 Å². The molecule has 0 aromatic carbocycles. The van der Waals surface area contributed by atoms with Gasteiger partial charge in [-0.15, -0.1) is 0 Å². The van der Waals surface area contributed by atoms with Crippen molar-refractivity contribution >= 4 is 42.6 Å². The van der Waals surface area contributed by atoms with E-state index < -0.39 is 15.8 Å². The molecule has 0 amide bonds. The van der Waals surface area contributed by atoms with Crippen LogP contribution in [-0.2, 0) is 9.84 Å². The van der Waals surface area contributed by atoms with Gasteiger partial charge in [-0.1, -0.05) is 0 Å². The average molecular weight is 343 g/mol. The second-order valence-electron chi connectivity index (χ2n) is 4.72. The predicted octanol–water partition coefficient (Wildman–Crippen LogP) is 1.94. The molecular formula is C12H11BrN2O3S. The first-order chi connectivity index (χ1) is 8.96. The van der Waals surface area contributed by atoms with Crippen molar-refractivity contribution in [3.05, 3.63) is 28.5 Å². The monoisotopic (exact) mass is 342 g/mol. The van der Waals surface area contributed by atoms with Gasteiger partial charge >= 0.3 is 0 Å². The summed E-state index contributed by atoms with van der Waals surface area (Å²) in [4.78, 5) is 19.5. The van der Waals surface area contributed by atoms with Crippen LogP contribution in [0, 0.1) is 5.92 Å². The summed E-state index contributed by atoms with van der Waals surface area (Å²) in [5, 5.41) is 0.726. The van der Waals surface area contributed by atoms with Gasteiger partial charge < -0.3 is 4.98 Å². The molecule has 0 saturated carbocycles. The van der Waals surface area contributed by atoms with Crippen molar-refractivity contribution in [3.8, 4) is 0 Å². The summed E-state index contributed by atoms with van der Waals surface area (Å²) in [6.07, 6.45) is 3.67. The van der Waals surface area contributed by atoms with E-state index in [2.05, 4.69) is 25.9 Å². The van der Waals surface area contributed by atoms with Crippen molar-refractivity contribution in [2.75, 3.05) is 11.5 Å². The highest BCUT2D eigenvalue weighted by molar-refractivity contribution is 9.10. The third-order valence-corrected chi connectivity index (χ3v) is 5.57. The number of sulfone groups is 1. The summed E-state index contributed by atoms with van der Waals surface area (Å²) in [6.45, 7) is 0. The number of rotatable bonds is 2. The maximum Gasteiger partial charge on any atom is 0.169 e. The van der Waals surface area contributed by atoms with Crippen molar-refractivity contribution in [3.63, 3.8) is 0 Å². The first kappa shape index (κ1) is 12.8. The highest BCUT2D eigenvalue weighted by Gasteiger charge is 2.34. The van der Waals surface area contributed by atoms with Crippen LogP contribution in [0.5, 0.6) is 0 Å². The number of H-pyrrole nitrogens is 1. The SMILES string of the molecule is O=C(c1c[nH]c2ncc(Br)cc12)C1CCS(=O)(=O)C1. The number of carbonyl (C=O) groups is 1. The summed E-state index contributed by atoms with van der Waals surface area (Å²) in [7, 11) is -3.05. The number of Topliss-reactive ketones (excluding diaryl/α,β-unsaturated/α-hetero) is 1. The summed E-state index contributed by atoms with van der Waals surface area (Å²) < 4.78 is 23.7. The van der Waals surface area contributed by atoms with E-state index in [4.69, 9.17) is 0 Å². The first-order valence-corrected chi connectivity index (χ1v) is 8.45. The van der Waals surface area contributed by atoms with Gasteiger partial charge in [0.05, 0.1) is 11.5 Å². The molecule has 5 nitrogen and oxygen atoms in total. The van der Waals surface area contributed by atoms with Gasteiger partial charge in [-0.25, -0.2) is 13.4 Å². The number of aromatic amines is 1. The quantitative estimate of drug-likeness (QED) is 0.845. The Bertz CT molecular complexity index is 766. The number of fused-ring (bicyclic) bond motifs is 1. The zero-order chi connectivity index (χ0) is 13.6. The number of nitrogens with one attached hydrogen (secondary N) is 1. The molecule has 19 heavy (non-hydrogen) atoms. The molecule has 7 heteroatoms. The summed E-state index contributed by atoms with van der Waals surface area (Å²) in [5.74, 6) is -0.483. The van der Waals surface area contributed by atoms with Crippen LogP contribution in [0.15, 0.2) is 22.9 Å². The molecule has 1 N–H and O–H groups in total. The molecule has 1 unspecified atom stereocenters. The molecule has 0 bridgehead atoms. The highest BCUT2D eigenvalue weighted by atomic mass is 79.9. The van der Waals surface area contributed by atoms with Gasteiger partial charge in [-0.2, -0.15) is 0 Å². The van der Waals surface area contributed by atoms with Crippen molar-refractivity contribution < 1.29 is 13.2 Å². The molecule has 2 aromatic rings. The van der Waals surface area contributed by atoms with Crippen molar-refractivity contribution in [2.45, 2.75) is 6.42 Å². The van der Waals surface area contributed by atoms with E-state index in [1.54, 1.807) is 12.4 Å². The van der Waals surface area contributed by atoms with Gasteiger partial charge in [-0.3, -0.25) is 4.79 Å². The molecule has 1 saturated heterocycles. The van der Waals surface area contributed by atoms with Crippen LogP contribution in [0.25, 0.3) is 11.0 Å². The van der Waals surface area contributed by atoms with Crippen LogP contribution in [0.1, 0.15) is 16.8 Å². The van der Waals surface area contributed by atoms with Crippen molar-refractivity contribution in [2.24, 2.45) is 5.92 Å². The molecule has 1 atom stereocenters. The third kappa shape index (κ3) is 2.32. The minimum atomic E-state index is -3.05. The summed E-state index contributed by atoms with van der Waals surface area (Å²) in [6, 6.07) is 1.81. The largest absolute Gasteiger partial charge is 0.345 e. The standard InChI is InChI=1S/C12H11BrN2O3S/c13-8-3-9-10(5-15-12(9)14-4-8)11(16)7-1-2-19(17,18)6-7/h3-5,7H,1-2,6H2,(H,14,15). The molecule has 1 fully saturated rings. The lowest BCUT2D eigenvalue weighted by molar-refractivity contribution is 0.0935. The normalized spacial score (nSPS) is 21.8. The lowest BCUT2D eigenvalue weighted by Gasteiger charge is -2.05. The minimum Gasteiger partial charge on any atom is -0.345 e. The van der Waals surface area contributed by atoms with Crippen LogP contribution in [0.2, 0.25) is 0 Å². The number of nitrogens with zero attached hydrogens (tertiary/aromatic N) is 1. The molecule has 0 radical (unpaired) electrons. The number of halogens is 1. The van der Waals surface area contributed by atoms with Crippen molar-refractivity contribution in [1.29, 1.82) is 0 Å². The lowest BCUT2D eigenvalue weighted by atomic mass is 9.97. The molecule has 0 aliphatic carbocycles. The molecule has 0 spiro atoms. The van der Waals surface area contributed by atoms with Gasteiger partial charge in [0.25, 0.3) is 0 Å². The molecule has 2 aromatic heterocycles. The zero-order valence-corrected chi connectivity index (χ0v) is 12.3. The van der Waals surface area contributed by atoms with E-state index in [0.717, 1.165) is 9.86 Å². The second-order valence-corrected chi connectivity index (χ2v) is 7.86. The van der Waals surface area contributed by atoms with E-state index in [-0.39, 0.29) is 17.3 Å². The lowest BCUT2D eigenvalue weighted by Crippen LogP contribution is -2.15. The predicted molar refractivity (Wildman–Crippen MR) is 74.9 cm³/mol. The molecule has 3 heterocycles. The Morgan fingerprint density at radius 2 is 2.26 bits per heavy atom. The van der Waals surface area contributed by atoms with Gasteiger partial charge in [0.1, 0.15) is 5.65 Å². The van der Waals surface area contributed by atoms with Crippen LogP contribution in [0.4, 0.5) is 0 Å². The van der Waals surface area contributed by atoms with Crippen LogP contribution in [0.3, 0.4) is 0 Å². The van der Waals surface area contributed by atoms with E-state index in [1.807, 2.05) is 6.07 Å². The number of aromatic nitrogens is 2. The van der Waals surface area contributed by atoms with E-state index in [1.165, 1.54) is 0 Å². The maximum atomic E-state index is 12.4. The van der Waals surface area contributed by atoms with Gasteiger partial charge in [0, 0.05) is 33.7 Å². The average Bonchev–Trinajstić information content (AvgIpc) is 2.91. The first-order valence-electron chi connectivity index (χ1n) is 5.83. The fraction of sp³-hybridized carbons (Fsp3) is 0.333. The Morgan fingerprint density at radius 3 is 2.95 bits per heavy atom. The molecular weight excluding hydrogens is 332 g/mol. The topological polar surface area (TPSA) is 79.9 Å². The number of ketones is 1. The zero-order valence-electron chi connectivity index (χ0n) is 9.89. The smallest absolute Gasteiger partial charge is 0.169 e. The Labute approximate surface area is 118 Å². The molecule has 3 rings (SSSR count). The third-order valence-electron chi connectivity index (χ3n) is 3.37. The molecule has 1 aliphatic heterocycles. The van der Waals surface area contributed by atoms with E-state index >= 15 is 0 Å². The fourth-order valence-corrected chi connectivity index (χ4v) is 4.48. The van der Waals surface area contributed by atoms with E-state index in [0.29, 0.717) is 17.6 Å². The van der Waals surface area contributed by atoms with Crippen molar-refractivity contribution in [1.82, 2.24) is 9.97 Å². The Hall–Kier alpha value is -1.21.